The summed E-state index contributed by atoms with van der Waals surface area (Å²) < 4.78 is 7.48. The van der Waals surface area contributed by atoms with Crippen LogP contribution in [-0.2, 0) is 11.3 Å². The van der Waals surface area contributed by atoms with Gasteiger partial charge in [0.1, 0.15) is 12.4 Å². The average Bonchev–Trinajstić information content (AvgIpc) is 3.21. The molecule has 0 bridgehead atoms. The van der Waals surface area contributed by atoms with Gasteiger partial charge in [-0.3, -0.25) is 9.59 Å². The van der Waals surface area contributed by atoms with Crippen LogP contribution in [0.3, 0.4) is 0 Å². The molecule has 0 saturated heterocycles. The van der Waals surface area contributed by atoms with Gasteiger partial charge in [0.2, 0.25) is 5.78 Å². The van der Waals surface area contributed by atoms with Crippen molar-refractivity contribution in [3.8, 4) is 5.75 Å². The van der Waals surface area contributed by atoms with Crippen LogP contribution in [0.2, 0.25) is 0 Å². The summed E-state index contributed by atoms with van der Waals surface area (Å²) in [7, 11) is 0. The molecule has 1 heterocycles. The Labute approximate surface area is 176 Å². The molecule has 0 aliphatic rings. The number of carbonyl (C=O) groups excluding carboxylic acids is 1. The van der Waals surface area contributed by atoms with Crippen molar-refractivity contribution >= 4 is 17.8 Å². The van der Waals surface area contributed by atoms with Crippen LogP contribution in [0, 0.1) is 12.8 Å². The number of hydrogen-bond donors (Lipinski definition) is 1. The lowest BCUT2D eigenvalue weighted by Gasteiger charge is -2.09. The van der Waals surface area contributed by atoms with Crippen molar-refractivity contribution in [2.75, 3.05) is 6.61 Å². The Kier molecular flexibility index (Phi) is 6.86. The van der Waals surface area contributed by atoms with Gasteiger partial charge in [-0.2, -0.15) is 0 Å². The molecular weight excluding hydrogens is 378 g/mol. The van der Waals surface area contributed by atoms with Gasteiger partial charge in [-0.15, -0.1) is 0 Å². The largest absolute Gasteiger partial charge is 0.493 e. The highest BCUT2D eigenvalue weighted by Gasteiger charge is 2.13. The number of ketones is 1. The molecule has 0 saturated carbocycles. The van der Waals surface area contributed by atoms with Crippen LogP contribution in [0.4, 0.5) is 0 Å². The second-order valence-corrected chi connectivity index (χ2v) is 7.27. The number of allylic oxidation sites excluding steroid dienone is 1. The van der Waals surface area contributed by atoms with Crippen LogP contribution < -0.4 is 4.74 Å². The third kappa shape index (κ3) is 5.47. The maximum Gasteiger partial charge on any atom is 0.309 e. The van der Waals surface area contributed by atoms with Crippen LogP contribution in [0.5, 0.6) is 5.75 Å². The SMILES string of the molecule is Cc1ccc(C(=O)c2cccn2C/C=C/c2cccc(OC[C@@H](C)C(=O)O)c2)cc1. The van der Waals surface area contributed by atoms with E-state index in [0.717, 1.165) is 11.1 Å². The summed E-state index contributed by atoms with van der Waals surface area (Å²) in [5.74, 6) is -0.825. The molecule has 5 nitrogen and oxygen atoms in total. The number of ether oxygens (including phenoxy) is 1. The quantitative estimate of drug-likeness (QED) is 0.519. The minimum absolute atomic E-state index is 0.00338. The van der Waals surface area contributed by atoms with E-state index in [0.29, 0.717) is 23.6 Å². The highest BCUT2D eigenvalue weighted by molar-refractivity contribution is 6.08. The molecule has 1 atom stereocenters. The second kappa shape index (κ2) is 9.74. The molecule has 5 heteroatoms. The number of aromatic nitrogens is 1. The number of carboxylic acid groups (broad SMARTS) is 1. The molecule has 1 N–H and O–H groups in total. The Balaban J connectivity index is 1.64. The molecule has 0 amide bonds. The maximum atomic E-state index is 12.8. The van der Waals surface area contributed by atoms with Gasteiger partial charge in [-0.05, 0) is 43.7 Å². The van der Waals surface area contributed by atoms with E-state index in [-0.39, 0.29) is 12.4 Å². The van der Waals surface area contributed by atoms with E-state index in [1.807, 2.05) is 84.4 Å². The maximum absolute atomic E-state index is 12.8. The summed E-state index contributed by atoms with van der Waals surface area (Å²) in [6.07, 6.45) is 5.82. The molecule has 30 heavy (non-hydrogen) atoms. The van der Waals surface area contributed by atoms with Gasteiger partial charge in [-0.1, -0.05) is 54.1 Å². The fourth-order valence-corrected chi connectivity index (χ4v) is 2.94. The molecule has 154 valence electrons. The summed E-state index contributed by atoms with van der Waals surface area (Å²) >= 11 is 0. The molecule has 2 aromatic carbocycles. The lowest BCUT2D eigenvalue weighted by atomic mass is 10.1. The van der Waals surface area contributed by atoms with Crippen LogP contribution in [0.15, 0.2) is 72.9 Å². The first-order valence-electron chi connectivity index (χ1n) is 9.83. The standard InChI is InChI=1S/C25H25NO4/c1-18-10-12-21(13-11-18)24(27)23-9-5-15-26(23)14-4-7-20-6-3-8-22(16-20)30-17-19(2)25(28)29/h3-13,15-16,19H,14,17H2,1-2H3,(H,28,29)/b7-4+/t19-/m1/s1. The van der Waals surface area contributed by atoms with E-state index < -0.39 is 11.9 Å². The van der Waals surface area contributed by atoms with Gasteiger partial charge >= 0.3 is 5.97 Å². The van der Waals surface area contributed by atoms with Crippen molar-refractivity contribution in [3.63, 3.8) is 0 Å². The predicted molar refractivity (Wildman–Crippen MR) is 117 cm³/mol. The highest BCUT2D eigenvalue weighted by Crippen LogP contribution is 2.16. The second-order valence-electron chi connectivity index (χ2n) is 7.27. The average molecular weight is 403 g/mol. The lowest BCUT2D eigenvalue weighted by molar-refractivity contribution is -0.142. The summed E-state index contributed by atoms with van der Waals surface area (Å²) in [6, 6.07) is 18.7. The number of carbonyl (C=O) groups is 2. The normalized spacial score (nSPS) is 12.1. The molecule has 0 radical (unpaired) electrons. The number of carboxylic acids is 1. The first-order valence-corrected chi connectivity index (χ1v) is 9.83. The lowest BCUT2D eigenvalue weighted by Crippen LogP contribution is -2.17. The number of benzene rings is 2. The Hall–Kier alpha value is -3.60. The van der Waals surface area contributed by atoms with Gasteiger partial charge in [0.25, 0.3) is 0 Å². The van der Waals surface area contributed by atoms with E-state index in [2.05, 4.69) is 0 Å². The van der Waals surface area contributed by atoms with Crippen LogP contribution >= 0.6 is 0 Å². The van der Waals surface area contributed by atoms with Gasteiger partial charge < -0.3 is 14.4 Å². The molecule has 0 aliphatic carbocycles. The first kappa shape index (κ1) is 21.1. The van der Waals surface area contributed by atoms with Gasteiger partial charge in [0, 0.05) is 18.3 Å². The van der Waals surface area contributed by atoms with Crippen molar-refractivity contribution in [1.82, 2.24) is 4.57 Å². The molecule has 0 fully saturated rings. The van der Waals surface area contributed by atoms with E-state index >= 15 is 0 Å². The smallest absolute Gasteiger partial charge is 0.309 e. The van der Waals surface area contributed by atoms with Crippen LogP contribution in [-0.4, -0.2) is 28.0 Å². The zero-order chi connectivity index (χ0) is 21.5. The zero-order valence-electron chi connectivity index (χ0n) is 17.1. The van der Waals surface area contributed by atoms with Crippen LogP contribution in [0.1, 0.15) is 34.1 Å². The minimum atomic E-state index is -0.881. The molecule has 3 aromatic rings. The fourth-order valence-electron chi connectivity index (χ4n) is 2.94. The number of aryl methyl sites for hydroxylation is 1. The summed E-state index contributed by atoms with van der Waals surface area (Å²) in [4.78, 5) is 23.7. The molecule has 0 unspecified atom stereocenters. The molecule has 0 aliphatic heterocycles. The van der Waals surface area contributed by atoms with E-state index in [4.69, 9.17) is 9.84 Å². The topological polar surface area (TPSA) is 68.5 Å². The van der Waals surface area contributed by atoms with Crippen molar-refractivity contribution < 1.29 is 19.4 Å². The molecule has 3 rings (SSSR count). The van der Waals surface area contributed by atoms with E-state index in [1.165, 1.54) is 0 Å². The number of hydrogen-bond acceptors (Lipinski definition) is 3. The van der Waals surface area contributed by atoms with Crippen molar-refractivity contribution in [1.29, 1.82) is 0 Å². The van der Waals surface area contributed by atoms with Gasteiger partial charge in [0.05, 0.1) is 11.6 Å². The number of rotatable bonds is 9. The predicted octanol–water partition coefficient (Wildman–Crippen LogP) is 4.84. The van der Waals surface area contributed by atoms with Crippen molar-refractivity contribution in [2.24, 2.45) is 5.92 Å². The summed E-state index contributed by atoms with van der Waals surface area (Å²) in [5.41, 5.74) is 3.37. The van der Waals surface area contributed by atoms with Gasteiger partial charge in [-0.25, -0.2) is 0 Å². The van der Waals surface area contributed by atoms with Crippen LogP contribution in [0.25, 0.3) is 6.08 Å². The Morgan fingerprint density at radius 3 is 2.60 bits per heavy atom. The fraction of sp³-hybridized carbons (Fsp3) is 0.200. The monoisotopic (exact) mass is 403 g/mol. The summed E-state index contributed by atoms with van der Waals surface area (Å²) in [5, 5.41) is 8.95. The summed E-state index contributed by atoms with van der Waals surface area (Å²) in [6.45, 7) is 4.28. The van der Waals surface area contributed by atoms with E-state index in [9.17, 15) is 9.59 Å². The van der Waals surface area contributed by atoms with E-state index in [1.54, 1.807) is 13.0 Å². The number of nitrogens with zero attached hydrogens (tertiary/aromatic N) is 1. The first-order chi connectivity index (χ1) is 14.4. The third-order valence-electron chi connectivity index (χ3n) is 4.77. The highest BCUT2D eigenvalue weighted by atomic mass is 16.5. The molecular formula is C25H25NO4. The van der Waals surface area contributed by atoms with Gasteiger partial charge in [0.15, 0.2) is 0 Å². The third-order valence-corrected chi connectivity index (χ3v) is 4.77. The zero-order valence-corrected chi connectivity index (χ0v) is 17.1. The van der Waals surface area contributed by atoms with Crippen molar-refractivity contribution in [3.05, 3.63) is 95.3 Å². The minimum Gasteiger partial charge on any atom is -0.493 e. The number of aliphatic carboxylic acids is 1. The molecule has 0 spiro atoms. The molecule has 1 aromatic heterocycles. The van der Waals surface area contributed by atoms with Crippen molar-refractivity contribution in [2.45, 2.75) is 20.4 Å². The Morgan fingerprint density at radius 1 is 1.10 bits per heavy atom. The Morgan fingerprint density at radius 2 is 1.87 bits per heavy atom. The Bertz CT molecular complexity index is 1050.